The molecule has 1 aromatic carbocycles. The number of aromatic hydroxyl groups is 1. The van der Waals surface area contributed by atoms with Gasteiger partial charge in [0, 0.05) is 29.1 Å². The first-order valence-electron chi connectivity index (χ1n) is 6.65. The number of aromatic nitrogens is 2. The normalized spacial score (nSPS) is 18.7. The Bertz CT molecular complexity index is 598. The van der Waals surface area contributed by atoms with Gasteiger partial charge in [-0.3, -0.25) is 0 Å². The van der Waals surface area contributed by atoms with Crippen LogP contribution >= 0.6 is 0 Å². The number of nitrogens with two attached hydrogens (primary N) is 1. The first-order chi connectivity index (χ1) is 9.24. The molecule has 0 bridgehead atoms. The molecule has 1 aromatic heterocycles. The van der Waals surface area contributed by atoms with Gasteiger partial charge < -0.3 is 10.8 Å². The zero-order valence-electron chi connectivity index (χ0n) is 10.7. The van der Waals surface area contributed by atoms with Gasteiger partial charge in [0.1, 0.15) is 5.75 Å². The van der Waals surface area contributed by atoms with Crippen LogP contribution in [0.25, 0.3) is 11.4 Å². The van der Waals surface area contributed by atoms with E-state index in [4.69, 9.17) is 5.73 Å². The van der Waals surface area contributed by atoms with Crippen LogP contribution in [0.15, 0.2) is 30.5 Å². The SMILES string of the molecule is NC1CCCCc2nc(-c3cccc(O)c3)ncc21. The molecule has 4 nitrogen and oxygen atoms in total. The average Bonchev–Trinajstić information content (AvgIpc) is 2.60. The maximum Gasteiger partial charge on any atom is 0.159 e. The molecule has 4 heteroatoms. The summed E-state index contributed by atoms with van der Waals surface area (Å²) in [5, 5.41) is 9.52. The first-order valence-corrected chi connectivity index (χ1v) is 6.65. The Morgan fingerprint density at radius 3 is 3.00 bits per heavy atom. The lowest BCUT2D eigenvalue weighted by Crippen LogP contribution is -2.12. The highest BCUT2D eigenvalue weighted by atomic mass is 16.3. The summed E-state index contributed by atoms with van der Waals surface area (Å²) in [5.41, 5.74) is 9.10. The molecule has 98 valence electrons. The molecule has 1 heterocycles. The van der Waals surface area contributed by atoms with Gasteiger partial charge in [0.05, 0.1) is 0 Å². The minimum absolute atomic E-state index is 0.0516. The molecule has 19 heavy (non-hydrogen) atoms. The van der Waals surface area contributed by atoms with Crippen LogP contribution in [0.5, 0.6) is 5.75 Å². The summed E-state index contributed by atoms with van der Waals surface area (Å²) in [6, 6.07) is 7.07. The molecule has 0 fully saturated rings. The van der Waals surface area contributed by atoms with Gasteiger partial charge in [-0.25, -0.2) is 9.97 Å². The van der Waals surface area contributed by atoms with Gasteiger partial charge in [0.2, 0.25) is 0 Å². The number of aryl methyl sites for hydroxylation is 1. The molecule has 1 unspecified atom stereocenters. The topological polar surface area (TPSA) is 72.0 Å². The van der Waals surface area contributed by atoms with E-state index in [9.17, 15) is 5.11 Å². The van der Waals surface area contributed by atoms with Crippen molar-refractivity contribution in [2.75, 3.05) is 0 Å². The summed E-state index contributed by atoms with van der Waals surface area (Å²) in [4.78, 5) is 9.03. The summed E-state index contributed by atoms with van der Waals surface area (Å²) >= 11 is 0. The van der Waals surface area contributed by atoms with E-state index in [1.807, 2.05) is 12.3 Å². The molecule has 3 N–H and O–H groups in total. The van der Waals surface area contributed by atoms with Gasteiger partial charge in [0.15, 0.2) is 5.82 Å². The van der Waals surface area contributed by atoms with Gasteiger partial charge in [-0.05, 0) is 31.4 Å². The molecule has 0 spiro atoms. The number of fused-ring (bicyclic) bond motifs is 1. The molecule has 1 atom stereocenters. The Kier molecular flexibility index (Phi) is 3.17. The van der Waals surface area contributed by atoms with Crippen LogP contribution in [-0.4, -0.2) is 15.1 Å². The zero-order chi connectivity index (χ0) is 13.2. The summed E-state index contributed by atoms with van der Waals surface area (Å²) in [7, 11) is 0. The van der Waals surface area contributed by atoms with E-state index in [1.54, 1.807) is 18.2 Å². The smallest absolute Gasteiger partial charge is 0.159 e. The second-order valence-electron chi connectivity index (χ2n) is 5.00. The van der Waals surface area contributed by atoms with Crippen molar-refractivity contribution in [1.82, 2.24) is 9.97 Å². The van der Waals surface area contributed by atoms with Crippen LogP contribution in [0.3, 0.4) is 0 Å². The van der Waals surface area contributed by atoms with E-state index in [-0.39, 0.29) is 11.8 Å². The monoisotopic (exact) mass is 255 g/mol. The highest BCUT2D eigenvalue weighted by Gasteiger charge is 2.17. The zero-order valence-corrected chi connectivity index (χ0v) is 10.7. The molecule has 3 rings (SSSR count). The Balaban J connectivity index is 2.03. The maximum atomic E-state index is 9.52. The van der Waals surface area contributed by atoms with Gasteiger partial charge in [0.25, 0.3) is 0 Å². The maximum absolute atomic E-state index is 9.52. The highest BCUT2D eigenvalue weighted by Crippen LogP contribution is 2.27. The van der Waals surface area contributed by atoms with Crippen LogP contribution in [0.4, 0.5) is 0 Å². The first kappa shape index (κ1) is 12.1. The lowest BCUT2D eigenvalue weighted by Gasteiger charge is -2.12. The van der Waals surface area contributed by atoms with Crippen LogP contribution in [0, 0.1) is 0 Å². The number of rotatable bonds is 1. The van der Waals surface area contributed by atoms with E-state index in [0.29, 0.717) is 5.82 Å². The minimum atomic E-state index is 0.0516. The van der Waals surface area contributed by atoms with Crippen molar-refractivity contribution < 1.29 is 5.11 Å². The molecule has 0 saturated heterocycles. The van der Waals surface area contributed by atoms with Gasteiger partial charge in [-0.2, -0.15) is 0 Å². The largest absolute Gasteiger partial charge is 0.508 e. The fraction of sp³-hybridized carbons (Fsp3) is 0.333. The summed E-state index contributed by atoms with van der Waals surface area (Å²) in [6.07, 6.45) is 6.06. The lowest BCUT2D eigenvalue weighted by atomic mass is 10.1. The third kappa shape index (κ3) is 2.44. The van der Waals surface area contributed by atoms with Crippen LogP contribution in [0.2, 0.25) is 0 Å². The number of phenols is 1. The quantitative estimate of drug-likeness (QED) is 0.768. The average molecular weight is 255 g/mol. The molecule has 0 aliphatic heterocycles. The predicted octanol–water partition coefficient (Wildman–Crippen LogP) is 2.58. The van der Waals surface area contributed by atoms with Gasteiger partial charge in [-0.15, -0.1) is 0 Å². The van der Waals surface area contributed by atoms with Crippen molar-refractivity contribution in [2.45, 2.75) is 31.7 Å². The second-order valence-corrected chi connectivity index (χ2v) is 5.00. The fourth-order valence-corrected chi connectivity index (χ4v) is 2.53. The van der Waals surface area contributed by atoms with E-state index >= 15 is 0 Å². The van der Waals surface area contributed by atoms with Crippen molar-refractivity contribution in [3.8, 4) is 17.1 Å². The minimum Gasteiger partial charge on any atom is -0.508 e. The van der Waals surface area contributed by atoms with Crippen LogP contribution < -0.4 is 5.73 Å². The van der Waals surface area contributed by atoms with Crippen LogP contribution in [0.1, 0.15) is 36.6 Å². The number of benzene rings is 1. The molecule has 0 radical (unpaired) electrons. The van der Waals surface area contributed by atoms with E-state index in [2.05, 4.69) is 9.97 Å². The standard InChI is InChI=1S/C15H17N3O/c16-13-6-1-2-7-14-12(13)9-17-15(18-14)10-4-3-5-11(19)8-10/h3-5,8-9,13,19H,1-2,6-7,16H2. The molecule has 0 amide bonds. The molecule has 1 aliphatic rings. The third-order valence-corrected chi connectivity index (χ3v) is 3.58. The number of phenolic OH excluding ortho intramolecular Hbond substituents is 1. The Labute approximate surface area is 112 Å². The van der Waals surface area contributed by atoms with E-state index < -0.39 is 0 Å². The molecular formula is C15H17N3O. The summed E-state index contributed by atoms with van der Waals surface area (Å²) in [6.45, 7) is 0. The van der Waals surface area contributed by atoms with Gasteiger partial charge >= 0.3 is 0 Å². The fourth-order valence-electron chi connectivity index (χ4n) is 2.53. The van der Waals surface area contributed by atoms with Crippen molar-refractivity contribution in [3.05, 3.63) is 41.7 Å². The van der Waals surface area contributed by atoms with Crippen molar-refractivity contribution in [2.24, 2.45) is 5.73 Å². The Morgan fingerprint density at radius 1 is 1.26 bits per heavy atom. The van der Waals surface area contributed by atoms with Crippen molar-refractivity contribution in [3.63, 3.8) is 0 Å². The highest BCUT2D eigenvalue weighted by molar-refractivity contribution is 5.57. The summed E-state index contributed by atoms with van der Waals surface area (Å²) < 4.78 is 0. The molecular weight excluding hydrogens is 238 g/mol. The molecule has 1 aliphatic carbocycles. The van der Waals surface area contributed by atoms with Crippen molar-refractivity contribution in [1.29, 1.82) is 0 Å². The van der Waals surface area contributed by atoms with E-state index in [0.717, 1.165) is 42.5 Å². The lowest BCUT2D eigenvalue weighted by molar-refractivity contribution is 0.475. The van der Waals surface area contributed by atoms with E-state index in [1.165, 1.54) is 0 Å². The van der Waals surface area contributed by atoms with Gasteiger partial charge in [-0.1, -0.05) is 18.6 Å². The Hall–Kier alpha value is -1.94. The number of hydrogen-bond donors (Lipinski definition) is 2. The Morgan fingerprint density at radius 2 is 2.16 bits per heavy atom. The predicted molar refractivity (Wildman–Crippen MR) is 73.6 cm³/mol. The number of nitrogens with zero attached hydrogens (tertiary/aromatic N) is 2. The van der Waals surface area contributed by atoms with Crippen LogP contribution in [-0.2, 0) is 6.42 Å². The second kappa shape index (κ2) is 4.97. The van der Waals surface area contributed by atoms with Crippen molar-refractivity contribution >= 4 is 0 Å². The summed E-state index contributed by atoms with van der Waals surface area (Å²) in [5.74, 6) is 0.886. The molecule has 0 saturated carbocycles. The number of hydrogen-bond acceptors (Lipinski definition) is 4. The molecule has 2 aromatic rings. The third-order valence-electron chi connectivity index (χ3n) is 3.58.